The fourth-order valence-corrected chi connectivity index (χ4v) is 7.96. The van der Waals surface area contributed by atoms with E-state index in [-0.39, 0.29) is 25.9 Å². The van der Waals surface area contributed by atoms with Crippen molar-refractivity contribution >= 4 is 11.9 Å². The number of quaternary nitrogens is 2. The molecule has 5 rings (SSSR count). The number of ether oxygens (including phenoxy) is 7. The predicted molar refractivity (Wildman–Crippen MR) is 207 cm³/mol. The first-order valence-electron chi connectivity index (χ1n) is 19.1. The lowest BCUT2D eigenvalue weighted by Crippen LogP contribution is -2.55. The Bertz CT molecular complexity index is 1770. The molecule has 1 fully saturated rings. The summed E-state index contributed by atoms with van der Waals surface area (Å²) >= 11 is 0. The van der Waals surface area contributed by atoms with Gasteiger partial charge in [-0.2, -0.15) is 0 Å². The van der Waals surface area contributed by atoms with Crippen LogP contribution in [0.15, 0.2) is 66.7 Å². The van der Waals surface area contributed by atoms with E-state index in [9.17, 15) is 14.7 Å². The van der Waals surface area contributed by atoms with Crippen LogP contribution in [0.25, 0.3) is 0 Å². The number of morpholine rings is 1. The van der Waals surface area contributed by atoms with E-state index in [0.717, 1.165) is 89.9 Å². The number of nitrogens with zero attached hydrogens (tertiary/aromatic N) is 2. The Labute approximate surface area is 325 Å². The van der Waals surface area contributed by atoms with Gasteiger partial charge in [0.1, 0.15) is 25.7 Å². The molecule has 0 aliphatic carbocycles. The van der Waals surface area contributed by atoms with Gasteiger partial charge < -0.3 is 47.2 Å². The Morgan fingerprint density at radius 1 is 0.727 bits per heavy atom. The van der Waals surface area contributed by atoms with Crippen LogP contribution in [0.4, 0.5) is 0 Å². The number of carbonyl (C=O) groups is 2. The summed E-state index contributed by atoms with van der Waals surface area (Å²) in [7, 11) is 8.78. The van der Waals surface area contributed by atoms with E-state index in [1.54, 1.807) is 28.4 Å². The zero-order valence-electron chi connectivity index (χ0n) is 33.1. The fourth-order valence-electron chi connectivity index (χ4n) is 7.96. The molecule has 2 aliphatic rings. The molecule has 0 aromatic heterocycles. The molecule has 12 heteroatoms. The number of methoxy groups -OCH3 is 4. The number of rotatable bonds is 19. The fraction of sp³-hybridized carbons (Fsp3) is 0.488. The Morgan fingerprint density at radius 3 is 1.89 bits per heavy atom. The van der Waals surface area contributed by atoms with Crippen molar-refractivity contribution in [2.75, 3.05) is 94.6 Å². The minimum absolute atomic E-state index is 0.0101. The van der Waals surface area contributed by atoms with E-state index in [2.05, 4.69) is 31.3 Å². The number of benzene rings is 3. The number of esters is 2. The van der Waals surface area contributed by atoms with E-state index in [1.807, 2.05) is 30.3 Å². The lowest BCUT2D eigenvalue weighted by molar-refractivity contribution is -0.947. The Kier molecular flexibility index (Phi) is 15.0. The molecular weight excluding hydrogens is 704 g/mol. The van der Waals surface area contributed by atoms with Crippen LogP contribution in [0.3, 0.4) is 0 Å². The van der Waals surface area contributed by atoms with E-state index >= 15 is 0 Å². The van der Waals surface area contributed by atoms with Crippen molar-refractivity contribution in [1.82, 2.24) is 0 Å². The van der Waals surface area contributed by atoms with Crippen LogP contribution in [0.5, 0.6) is 23.0 Å². The highest BCUT2D eigenvalue weighted by atomic mass is 16.5. The van der Waals surface area contributed by atoms with Crippen molar-refractivity contribution in [2.45, 2.75) is 44.9 Å². The number of aliphatic hydroxyl groups is 1. The number of hydrogen-bond acceptors (Lipinski definition) is 10. The van der Waals surface area contributed by atoms with E-state index in [4.69, 9.17) is 33.2 Å². The van der Waals surface area contributed by atoms with Gasteiger partial charge in [0.25, 0.3) is 0 Å². The molecule has 55 heavy (non-hydrogen) atoms. The summed E-state index contributed by atoms with van der Waals surface area (Å²) in [5, 5.41) is 9.76. The van der Waals surface area contributed by atoms with E-state index in [0.29, 0.717) is 49.1 Å². The van der Waals surface area contributed by atoms with Crippen LogP contribution >= 0.6 is 0 Å². The third-order valence-corrected chi connectivity index (χ3v) is 11.1. The Hall–Kier alpha value is -4.62. The van der Waals surface area contributed by atoms with Gasteiger partial charge in [0.15, 0.2) is 23.0 Å². The maximum atomic E-state index is 12.6. The average molecular weight is 763 g/mol. The first-order chi connectivity index (χ1) is 26.6. The van der Waals surface area contributed by atoms with Crippen molar-refractivity contribution in [3.8, 4) is 23.0 Å². The topological polar surface area (TPSA) is 119 Å². The van der Waals surface area contributed by atoms with Crippen LogP contribution in [-0.2, 0) is 49.8 Å². The summed E-state index contributed by atoms with van der Waals surface area (Å²) < 4.78 is 40.1. The predicted octanol–water partition coefficient (Wildman–Crippen LogP) is 4.97. The summed E-state index contributed by atoms with van der Waals surface area (Å²) in [4.78, 5) is 25.0. The van der Waals surface area contributed by atoms with Gasteiger partial charge in [-0.05, 0) is 47.0 Å². The van der Waals surface area contributed by atoms with Crippen molar-refractivity contribution in [3.05, 3.63) is 94.6 Å². The molecule has 3 aromatic rings. The van der Waals surface area contributed by atoms with Crippen LogP contribution < -0.4 is 18.9 Å². The first kappa shape index (κ1) is 41.5. The zero-order valence-corrected chi connectivity index (χ0v) is 33.1. The number of fused-ring (bicyclic) bond motifs is 1. The molecule has 0 spiro atoms. The third kappa shape index (κ3) is 11.0. The molecule has 12 nitrogen and oxygen atoms in total. The lowest BCUT2D eigenvalue weighted by atomic mass is 9.85. The minimum Gasteiger partial charge on any atom is -0.493 e. The molecule has 1 saturated heterocycles. The van der Waals surface area contributed by atoms with Crippen molar-refractivity contribution in [1.29, 1.82) is 0 Å². The van der Waals surface area contributed by atoms with Gasteiger partial charge in [0.2, 0.25) is 0 Å². The molecular formula is C43H58N2O10+2. The molecule has 2 aliphatic heterocycles. The van der Waals surface area contributed by atoms with Gasteiger partial charge in [0, 0.05) is 49.0 Å². The standard InChI is InChI=1S/C43H58N2O10/c1-44(19-16-35-26-34(31-46)8-11-36(35)37(44)27-32-9-12-38(49-2)40(28-32)51-4)17-6-22-54-42(47)14-15-43(48)55-23-7-18-45(20-24-53-25-21-45)30-33-10-13-39(50-3)41(29-33)52-5/h8-15,26,28-29,37,46H,6-7,16-25,27,30-31H2,1-5H3/q+2/t37-,44-/m1/s1. The number of hydrogen-bond donors (Lipinski definition) is 1. The number of aliphatic hydroxyl groups excluding tert-OH is 1. The Balaban J connectivity index is 1.09. The molecule has 0 radical (unpaired) electrons. The first-order valence-corrected chi connectivity index (χ1v) is 19.1. The highest BCUT2D eigenvalue weighted by molar-refractivity contribution is 5.91. The summed E-state index contributed by atoms with van der Waals surface area (Å²) in [6, 6.07) is 18.4. The second-order valence-corrected chi connectivity index (χ2v) is 14.6. The second-order valence-electron chi connectivity index (χ2n) is 14.6. The molecule has 1 N–H and O–H groups in total. The van der Waals surface area contributed by atoms with Crippen LogP contribution in [0.2, 0.25) is 0 Å². The minimum atomic E-state index is -0.574. The van der Waals surface area contributed by atoms with Gasteiger partial charge in [-0.3, -0.25) is 0 Å². The quantitative estimate of drug-likeness (QED) is 0.0777. The van der Waals surface area contributed by atoms with E-state index < -0.39 is 11.9 Å². The highest BCUT2D eigenvalue weighted by Gasteiger charge is 2.39. The normalized spacial score (nSPS) is 19.0. The summed E-state index contributed by atoms with van der Waals surface area (Å²) in [6.45, 7) is 6.89. The van der Waals surface area contributed by atoms with Crippen molar-refractivity contribution < 1.29 is 56.8 Å². The molecule has 2 atom stereocenters. The van der Waals surface area contributed by atoms with Crippen LogP contribution in [0.1, 0.15) is 46.7 Å². The molecule has 0 saturated carbocycles. The van der Waals surface area contributed by atoms with Gasteiger partial charge in [-0.15, -0.1) is 0 Å². The van der Waals surface area contributed by atoms with Crippen molar-refractivity contribution in [2.24, 2.45) is 0 Å². The van der Waals surface area contributed by atoms with Gasteiger partial charge in [-0.1, -0.05) is 24.3 Å². The Morgan fingerprint density at radius 2 is 1.29 bits per heavy atom. The summed E-state index contributed by atoms with van der Waals surface area (Å²) in [6.07, 6.45) is 5.27. The van der Waals surface area contributed by atoms with E-state index in [1.165, 1.54) is 11.1 Å². The number of likely N-dealkylation sites (N-methyl/N-ethyl adjacent to an activating group) is 1. The van der Waals surface area contributed by atoms with Gasteiger partial charge >= 0.3 is 11.9 Å². The average Bonchev–Trinajstić information content (AvgIpc) is 3.21. The molecule has 0 bridgehead atoms. The smallest absolute Gasteiger partial charge is 0.331 e. The molecule has 0 amide bonds. The SMILES string of the molecule is COc1ccc(C[C@@H]2c3ccc(CO)cc3CC[N@@+]2(C)CCCOC(=O)C=CC(=O)OCCC[N+]2(Cc3ccc(OC)c(OC)c3)CCOCC2)cc1OC. The number of carbonyl (C=O) groups excluding carboxylic acids is 2. The monoisotopic (exact) mass is 762 g/mol. The molecule has 0 unspecified atom stereocenters. The van der Waals surface area contributed by atoms with Crippen molar-refractivity contribution in [3.63, 3.8) is 0 Å². The van der Waals surface area contributed by atoms with Crippen LogP contribution in [-0.4, -0.2) is 121 Å². The van der Waals surface area contributed by atoms with Crippen LogP contribution in [0, 0.1) is 0 Å². The van der Waals surface area contributed by atoms with Gasteiger partial charge in [0.05, 0.1) is 88.2 Å². The van der Waals surface area contributed by atoms with Gasteiger partial charge in [-0.25, -0.2) is 9.59 Å². The highest BCUT2D eigenvalue weighted by Crippen LogP contribution is 2.39. The zero-order chi connectivity index (χ0) is 39.3. The summed E-state index contributed by atoms with van der Waals surface area (Å²) in [5.74, 6) is 1.62. The maximum absolute atomic E-state index is 12.6. The third-order valence-electron chi connectivity index (χ3n) is 11.1. The largest absolute Gasteiger partial charge is 0.493 e. The molecule has 2 heterocycles. The molecule has 298 valence electrons. The lowest BCUT2D eigenvalue weighted by Gasteiger charge is -2.46. The second kappa shape index (κ2) is 19.8. The maximum Gasteiger partial charge on any atom is 0.331 e. The molecule has 3 aromatic carbocycles. The summed E-state index contributed by atoms with van der Waals surface area (Å²) in [5.41, 5.74) is 5.70.